The minimum atomic E-state index is -1.13. The molecule has 12 heteroatoms. The van der Waals surface area contributed by atoms with E-state index in [4.69, 9.17) is 23.9 Å². The number of rotatable bonds is 10. The fourth-order valence-corrected chi connectivity index (χ4v) is 5.41. The first-order chi connectivity index (χ1) is 17.6. The number of nitrogens with zero attached hydrogens (tertiary/aromatic N) is 2. The summed E-state index contributed by atoms with van der Waals surface area (Å²) in [5, 5.41) is 3.44. The van der Waals surface area contributed by atoms with Crippen molar-refractivity contribution in [3.63, 3.8) is 0 Å². The molecule has 0 aliphatic carbocycles. The molecule has 1 saturated heterocycles. The van der Waals surface area contributed by atoms with Gasteiger partial charge in [-0.2, -0.15) is 0 Å². The van der Waals surface area contributed by atoms with Crippen molar-refractivity contribution in [1.29, 1.82) is 0 Å². The van der Waals surface area contributed by atoms with Crippen LogP contribution in [0.4, 0.5) is 0 Å². The Balaban J connectivity index is 2.05. The van der Waals surface area contributed by atoms with Gasteiger partial charge in [-0.25, -0.2) is 4.98 Å². The number of amides is 1. The molecule has 3 rings (SSSR count). The molecule has 0 saturated carbocycles. The van der Waals surface area contributed by atoms with Crippen LogP contribution in [0.2, 0.25) is 0 Å². The van der Waals surface area contributed by atoms with Crippen molar-refractivity contribution in [2.24, 2.45) is 0 Å². The van der Waals surface area contributed by atoms with Gasteiger partial charge in [-0.15, -0.1) is 0 Å². The Morgan fingerprint density at radius 3 is 2.32 bits per heavy atom. The maximum atomic E-state index is 12.2. The molecule has 2 aromatic rings. The smallest absolute Gasteiger partial charge is 0.303 e. The SMILES string of the molecule is CCCCn1c(SC2OC(COC(C)=O)C(OC(C)=O)C(OC(C)=O)C2NC(C)=O)nc2ccccc21. The van der Waals surface area contributed by atoms with E-state index in [1.165, 1.54) is 39.5 Å². The first-order valence-corrected chi connectivity index (χ1v) is 13.0. The molecule has 202 valence electrons. The normalized spacial score (nSPS) is 23.3. The Bertz CT molecular complexity index is 1140. The Morgan fingerprint density at radius 2 is 1.70 bits per heavy atom. The van der Waals surface area contributed by atoms with Gasteiger partial charge in [0.15, 0.2) is 17.4 Å². The van der Waals surface area contributed by atoms with Gasteiger partial charge in [0.1, 0.15) is 24.2 Å². The summed E-state index contributed by atoms with van der Waals surface area (Å²) in [5.74, 6) is -2.23. The maximum absolute atomic E-state index is 12.2. The van der Waals surface area contributed by atoms with Crippen molar-refractivity contribution in [2.45, 2.75) is 89.0 Å². The van der Waals surface area contributed by atoms with Gasteiger partial charge in [0.05, 0.1) is 11.0 Å². The van der Waals surface area contributed by atoms with Crippen LogP contribution in [0.5, 0.6) is 0 Å². The average molecular weight is 536 g/mol. The van der Waals surface area contributed by atoms with E-state index in [0.29, 0.717) is 5.16 Å². The molecule has 5 atom stereocenters. The van der Waals surface area contributed by atoms with Crippen LogP contribution >= 0.6 is 11.8 Å². The van der Waals surface area contributed by atoms with Crippen molar-refractivity contribution in [3.05, 3.63) is 24.3 Å². The van der Waals surface area contributed by atoms with Crippen molar-refractivity contribution >= 4 is 46.6 Å². The van der Waals surface area contributed by atoms with E-state index in [1.807, 2.05) is 24.3 Å². The molecule has 0 radical (unpaired) electrons. The Morgan fingerprint density at radius 1 is 1.03 bits per heavy atom. The fourth-order valence-electron chi connectivity index (χ4n) is 4.17. The lowest BCUT2D eigenvalue weighted by atomic mass is 9.97. The van der Waals surface area contributed by atoms with Gasteiger partial charge in [-0.3, -0.25) is 19.2 Å². The predicted octanol–water partition coefficient (Wildman–Crippen LogP) is 2.58. The van der Waals surface area contributed by atoms with Crippen LogP contribution in [0, 0.1) is 0 Å². The fraction of sp³-hybridized carbons (Fsp3) is 0.560. The van der Waals surface area contributed by atoms with Gasteiger partial charge in [0.2, 0.25) is 5.91 Å². The van der Waals surface area contributed by atoms with Gasteiger partial charge < -0.3 is 28.8 Å². The highest BCUT2D eigenvalue weighted by Gasteiger charge is 2.51. The summed E-state index contributed by atoms with van der Waals surface area (Å²) in [6, 6.07) is 6.84. The first-order valence-electron chi connectivity index (χ1n) is 12.1. The number of hydrogen-bond donors (Lipinski definition) is 1. The lowest BCUT2D eigenvalue weighted by Gasteiger charge is -2.44. The van der Waals surface area contributed by atoms with E-state index in [-0.39, 0.29) is 6.61 Å². The van der Waals surface area contributed by atoms with Gasteiger partial charge in [0.25, 0.3) is 0 Å². The van der Waals surface area contributed by atoms with Crippen molar-refractivity contribution in [1.82, 2.24) is 14.9 Å². The minimum Gasteiger partial charge on any atom is -0.463 e. The predicted molar refractivity (Wildman–Crippen MR) is 135 cm³/mol. The summed E-state index contributed by atoms with van der Waals surface area (Å²) in [6.45, 7) is 7.57. The number of thioether (sulfide) groups is 1. The number of nitrogens with one attached hydrogen (secondary N) is 1. The molecule has 0 spiro atoms. The summed E-state index contributed by atoms with van der Waals surface area (Å²) < 4.78 is 24.6. The summed E-state index contributed by atoms with van der Waals surface area (Å²) in [5.41, 5.74) is 0.938. The summed E-state index contributed by atoms with van der Waals surface area (Å²) >= 11 is 1.25. The maximum Gasteiger partial charge on any atom is 0.303 e. The van der Waals surface area contributed by atoms with Crippen LogP contribution in [0.3, 0.4) is 0 Å². The molecule has 2 heterocycles. The highest BCUT2D eigenvalue weighted by molar-refractivity contribution is 7.99. The van der Waals surface area contributed by atoms with E-state index in [9.17, 15) is 19.2 Å². The van der Waals surface area contributed by atoms with Gasteiger partial charge in [-0.05, 0) is 18.6 Å². The van der Waals surface area contributed by atoms with Crippen molar-refractivity contribution in [2.75, 3.05) is 6.61 Å². The second-order valence-electron chi connectivity index (χ2n) is 8.73. The molecule has 11 nitrogen and oxygen atoms in total. The zero-order chi connectivity index (χ0) is 27.1. The minimum absolute atomic E-state index is 0.249. The Labute approximate surface area is 219 Å². The molecule has 1 aliphatic heterocycles. The number of carbonyl (C=O) groups excluding carboxylic acids is 4. The number of para-hydroxylation sites is 2. The number of carbonyl (C=O) groups is 4. The lowest BCUT2D eigenvalue weighted by Crippen LogP contribution is -2.65. The summed E-state index contributed by atoms with van der Waals surface area (Å²) in [6.07, 6.45) is -1.30. The van der Waals surface area contributed by atoms with Crippen LogP contribution in [-0.4, -0.2) is 69.8 Å². The topological polar surface area (TPSA) is 135 Å². The summed E-state index contributed by atoms with van der Waals surface area (Å²) in [7, 11) is 0. The highest BCUT2D eigenvalue weighted by atomic mass is 32.2. The molecule has 1 fully saturated rings. The number of aryl methyl sites for hydroxylation is 1. The molecule has 0 bridgehead atoms. The molecular formula is C25H33N3O8S. The third-order valence-corrected chi connectivity index (χ3v) is 6.81. The quantitative estimate of drug-likeness (QED) is 0.357. The number of esters is 3. The van der Waals surface area contributed by atoms with Crippen LogP contribution < -0.4 is 5.32 Å². The summed E-state index contributed by atoms with van der Waals surface area (Å²) in [4.78, 5) is 52.6. The number of hydrogen-bond acceptors (Lipinski definition) is 10. The number of ether oxygens (including phenoxy) is 4. The van der Waals surface area contributed by atoms with E-state index < -0.39 is 53.6 Å². The van der Waals surface area contributed by atoms with Gasteiger partial charge >= 0.3 is 17.9 Å². The first kappa shape index (κ1) is 28.5. The van der Waals surface area contributed by atoms with Crippen molar-refractivity contribution < 1.29 is 38.1 Å². The van der Waals surface area contributed by atoms with Crippen LogP contribution in [-0.2, 0) is 44.7 Å². The van der Waals surface area contributed by atoms with Gasteiger partial charge in [-0.1, -0.05) is 37.2 Å². The number of unbranched alkanes of at least 4 members (excludes halogenated alkanes) is 1. The molecule has 1 aliphatic rings. The van der Waals surface area contributed by atoms with Crippen LogP contribution in [0.1, 0.15) is 47.5 Å². The monoisotopic (exact) mass is 535 g/mol. The van der Waals surface area contributed by atoms with Gasteiger partial charge in [0, 0.05) is 34.2 Å². The highest BCUT2D eigenvalue weighted by Crippen LogP contribution is 2.37. The molecular weight excluding hydrogens is 502 g/mol. The number of benzene rings is 1. The second-order valence-corrected chi connectivity index (χ2v) is 9.79. The second kappa shape index (κ2) is 12.9. The molecule has 5 unspecified atom stereocenters. The number of aromatic nitrogens is 2. The lowest BCUT2D eigenvalue weighted by molar-refractivity contribution is -0.211. The van der Waals surface area contributed by atoms with Crippen molar-refractivity contribution in [3.8, 4) is 0 Å². The van der Waals surface area contributed by atoms with E-state index in [0.717, 1.165) is 30.4 Å². The zero-order valence-electron chi connectivity index (χ0n) is 21.6. The van der Waals surface area contributed by atoms with E-state index in [1.54, 1.807) is 0 Å². The van der Waals surface area contributed by atoms with E-state index in [2.05, 4.69) is 16.8 Å². The largest absolute Gasteiger partial charge is 0.463 e. The molecule has 37 heavy (non-hydrogen) atoms. The third kappa shape index (κ3) is 7.45. The molecule has 1 amide bonds. The molecule has 1 N–H and O–H groups in total. The standard InChI is InChI=1S/C25H33N3O8S/c1-6-7-12-28-19-11-9-8-10-18(19)27-25(28)37-24-21(26-14(2)29)23(35-17(5)32)22(34-16(4)31)20(36-24)13-33-15(3)30/h8-11,20-24H,6-7,12-13H2,1-5H3,(H,26,29). The third-order valence-electron chi connectivity index (χ3n) is 5.65. The van der Waals surface area contributed by atoms with Crippen LogP contribution in [0.25, 0.3) is 11.0 Å². The Hall–Kier alpha value is -3.12. The number of fused-ring (bicyclic) bond motifs is 1. The molecule has 1 aromatic heterocycles. The van der Waals surface area contributed by atoms with E-state index >= 15 is 0 Å². The zero-order valence-corrected chi connectivity index (χ0v) is 22.4. The molecule has 1 aromatic carbocycles. The average Bonchev–Trinajstić information content (AvgIpc) is 3.16. The Kier molecular flexibility index (Phi) is 9.93. The number of imidazole rings is 1. The van der Waals surface area contributed by atoms with Crippen LogP contribution in [0.15, 0.2) is 29.4 Å².